The Morgan fingerprint density at radius 3 is 2.67 bits per heavy atom. The van der Waals surface area contributed by atoms with Crippen LogP contribution in [0.25, 0.3) is 0 Å². The normalized spacial score (nSPS) is 19.7. The van der Waals surface area contributed by atoms with E-state index in [9.17, 15) is 8.42 Å². The summed E-state index contributed by atoms with van der Waals surface area (Å²) in [6, 6.07) is 9.44. The van der Waals surface area contributed by atoms with Crippen LogP contribution in [-0.2, 0) is 23.0 Å². The number of sulfone groups is 1. The Labute approximate surface area is 141 Å². The van der Waals surface area contributed by atoms with Gasteiger partial charge < -0.3 is 9.15 Å². The second-order valence-electron chi connectivity index (χ2n) is 5.81. The zero-order chi connectivity index (χ0) is 17.0. The fourth-order valence-corrected chi connectivity index (χ4v) is 4.57. The molecule has 0 bridgehead atoms. The molecule has 1 aromatic heterocycles. The van der Waals surface area contributed by atoms with Crippen molar-refractivity contribution < 1.29 is 17.6 Å². The maximum absolute atomic E-state index is 11.6. The van der Waals surface area contributed by atoms with Crippen molar-refractivity contribution in [1.29, 1.82) is 0 Å². The van der Waals surface area contributed by atoms with Crippen LogP contribution in [0.4, 0.5) is 0 Å². The molecule has 1 aliphatic heterocycles. The molecule has 1 saturated heterocycles. The minimum absolute atomic E-state index is 0.0240. The summed E-state index contributed by atoms with van der Waals surface area (Å²) in [5, 5.41) is 8.02. The van der Waals surface area contributed by atoms with Crippen molar-refractivity contribution in [3.05, 3.63) is 42.1 Å². The van der Waals surface area contributed by atoms with Crippen LogP contribution in [0.3, 0.4) is 0 Å². The minimum Gasteiger partial charge on any atom is -0.484 e. The largest absolute Gasteiger partial charge is 0.484 e. The molecule has 1 aromatic carbocycles. The monoisotopic (exact) mass is 351 g/mol. The molecule has 130 valence electrons. The van der Waals surface area contributed by atoms with Crippen molar-refractivity contribution in [2.45, 2.75) is 32.5 Å². The van der Waals surface area contributed by atoms with E-state index < -0.39 is 9.84 Å². The molecule has 0 saturated carbocycles. The van der Waals surface area contributed by atoms with Gasteiger partial charge in [-0.15, -0.1) is 10.2 Å². The molecular weight excluding hydrogens is 330 g/mol. The highest BCUT2D eigenvalue weighted by atomic mass is 32.2. The van der Waals surface area contributed by atoms with Crippen LogP contribution in [-0.4, -0.2) is 47.6 Å². The smallest absolute Gasteiger partial charge is 0.253 e. The van der Waals surface area contributed by atoms with E-state index in [0.29, 0.717) is 24.7 Å². The molecule has 1 aliphatic rings. The van der Waals surface area contributed by atoms with Crippen molar-refractivity contribution in [3.8, 4) is 5.75 Å². The predicted octanol–water partition coefficient (Wildman–Crippen LogP) is 1.66. The van der Waals surface area contributed by atoms with E-state index in [1.807, 2.05) is 37.3 Å². The summed E-state index contributed by atoms with van der Waals surface area (Å²) in [5.41, 5.74) is 0. The third kappa shape index (κ3) is 4.33. The van der Waals surface area contributed by atoms with Gasteiger partial charge in [-0.05, 0) is 25.1 Å². The number of aromatic nitrogens is 2. The molecule has 7 nitrogen and oxygen atoms in total. The van der Waals surface area contributed by atoms with Gasteiger partial charge in [0.15, 0.2) is 16.4 Å². The Hall–Kier alpha value is -1.93. The summed E-state index contributed by atoms with van der Waals surface area (Å²) in [7, 11) is -2.91. The number of ether oxygens (including phenoxy) is 1. The molecule has 0 radical (unpaired) electrons. The highest BCUT2D eigenvalue weighted by Crippen LogP contribution is 2.19. The summed E-state index contributed by atoms with van der Waals surface area (Å²) in [5.74, 6) is 2.09. The van der Waals surface area contributed by atoms with Gasteiger partial charge in [0, 0.05) is 6.04 Å². The van der Waals surface area contributed by atoms with Crippen molar-refractivity contribution in [2.24, 2.45) is 0 Å². The topological polar surface area (TPSA) is 85.5 Å². The third-order valence-corrected chi connectivity index (χ3v) is 5.83. The van der Waals surface area contributed by atoms with Gasteiger partial charge in [0.1, 0.15) is 5.75 Å². The number of rotatable bonds is 7. The van der Waals surface area contributed by atoms with Crippen LogP contribution < -0.4 is 4.74 Å². The quantitative estimate of drug-likeness (QED) is 0.750. The molecular formula is C16H21N3O4S. The molecule has 1 atom stereocenters. The number of para-hydroxylation sites is 1. The summed E-state index contributed by atoms with van der Waals surface area (Å²) >= 11 is 0. The zero-order valence-electron chi connectivity index (χ0n) is 13.6. The SMILES string of the molecule is CCN(Cc1nnc(COc2ccccc2)o1)C1CCS(=O)(=O)C1. The average molecular weight is 351 g/mol. The zero-order valence-corrected chi connectivity index (χ0v) is 14.4. The fraction of sp³-hybridized carbons (Fsp3) is 0.500. The molecule has 3 rings (SSSR count). The van der Waals surface area contributed by atoms with Gasteiger partial charge in [-0.3, -0.25) is 4.90 Å². The molecule has 2 aromatic rings. The lowest BCUT2D eigenvalue weighted by Crippen LogP contribution is -2.35. The fourth-order valence-electron chi connectivity index (χ4n) is 2.81. The van der Waals surface area contributed by atoms with Crippen LogP contribution >= 0.6 is 0 Å². The van der Waals surface area contributed by atoms with Gasteiger partial charge in [0.2, 0.25) is 5.89 Å². The lowest BCUT2D eigenvalue weighted by molar-refractivity contribution is 0.188. The van der Waals surface area contributed by atoms with Crippen LogP contribution in [0.15, 0.2) is 34.7 Å². The Balaban J connectivity index is 1.56. The van der Waals surface area contributed by atoms with Gasteiger partial charge >= 0.3 is 0 Å². The van der Waals surface area contributed by atoms with E-state index in [4.69, 9.17) is 9.15 Å². The first-order valence-electron chi connectivity index (χ1n) is 7.99. The maximum atomic E-state index is 11.6. The minimum atomic E-state index is -2.91. The maximum Gasteiger partial charge on any atom is 0.253 e. The predicted molar refractivity (Wildman–Crippen MR) is 88.2 cm³/mol. The highest BCUT2D eigenvalue weighted by Gasteiger charge is 2.32. The number of hydrogen-bond donors (Lipinski definition) is 0. The van der Waals surface area contributed by atoms with Gasteiger partial charge in [0.25, 0.3) is 5.89 Å². The summed E-state index contributed by atoms with van der Waals surface area (Å²) < 4.78 is 34.5. The van der Waals surface area contributed by atoms with Crippen LogP contribution in [0, 0.1) is 0 Å². The van der Waals surface area contributed by atoms with E-state index in [2.05, 4.69) is 15.1 Å². The summed E-state index contributed by atoms with van der Waals surface area (Å²) in [4.78, 5) is 2.07. The number of hydrogen-bond acceptors (Lipinski definition) is 7. The Bertz CT molecular complexity index is 761. The average Bonchev–Trinajstić information content (AvgIpc) is 3.17. The summed E-state index contributed by atoms with van der Waals surface area (Å²) in [6.07, 6.45) is 0.661. The second kappa shape index (κ2) is 7.31. The van der Waals surface area contributed by atoms with E-state index in [-0.39, 0.29) is 24.2 Å². The van der Waals surface area contributed by atoms with E-state index >= 15 is 0 Å². The van der Waals surface area contributed by atoms with Gasteiger partial charge in [-0.25, -0.2) is 8.42 Å². The number of benzene rings is 1. The summed E-state index contributed by atoms with van der Waals surface area (Å²) in [6.45, 7) is 3.40. The number of nitrogens with zero attached hydrogens (tertiary/aromatic N) is 3. The lowest BCUT2D eigenvalue weighted by atomic mass is 10.2. The van der Waals surface area contributed by atoms with Gasteiger partial charge in [-0.1, -0.05) is 25.1 Å². The second-order valence-corrected chi connectivity index (χ2v) is 8.04. The molecule has 0 aliphatic carbocycles. The first kappa shape index (κ1) is 16.9. The standard InChI is InChI=1S/C16H21N3O4S/c1-2-19(13-8-9-24(20,21)12-13)10-15-17-18-16(23-15)11-22-14-6-4-3-5-7-14/h3-7,13H,2,8-12H2,1H3. The molecule has 0 amide bonds. The molecule has 2 heterocycles. The van der Waals surface area contributed by atoms with Crippen molar-refractivity contribution in [3.63, 3.8) is 0 Å². The van der Waals surface area contributed by atoms with Crippen molar-refractivity contribution in [2.75, 3.05) is 18.1 Å². The molecule has 0 spiro atoms. The highest BCUT2D eigenvalue weighted by molar-refractivity contribution is 7.91. The molecule has 1 unspecified atom stereocenters. The van der Waals surface area contributed by atoms with E-state index in [1.165, 1.54) is 0 Å². The third-order valence-electron chi connectivity index (χ3n) is 4.08. The van der Waals surface area contributed by atoms with Crippen molar-refractivity contribution >= 4 is 9.84 Å². The molecule has 24 heavy (non-hydrogen) atoms. The van der Waals surface area contributed by atoms with Crippen LogP contribution in [0.1, 0.15) is 25.1 Å². The van der Waals surface area contributed by atoms with Gasteiger partial charge in [0.05, 0.1) is 18.1 Å². The lowest BCUT2D eigenvalue weighted by Gasteiger charge is -2.24. The van der Waals surface area contributed by atoms with E-state index in [1.54, 1.807) is 0 Å². The Morgan fingerprint density at radius 1 is 1.25 bits per heavy atom. The first-order valence-corrected chi connectivity index (χ1v) is 9.81. The van der Waals surface area contributed by atoms with E-state index in [0.717, 1.165) is 12.3 Å². The Kier molecular flexibility index (Phi) is 5.15. The molecule has 0 N–H and O–H groups in total. The van der Waals surface area contributed by atoms with Gasteiger partial charge in [-0.2, -0.15) is 0 Å². The van der Waals surface area contributed by atoms with Crippen LogP contribution in [0.5, 0.6) is 5.75 Å². The first-order chi connectivity index (χ1) is 11.6. The molecule has 8 heteroatoms. The van der Waals surface area contributed by atoms with Crippen LogP contribution in [0.2, 0.25) is 0 Å². The molecule has 1 fully saturated rings. The Morgan fingerprint density at radius 2 is 2.00 bits per heavy atom. The van der Waals surface area contributed by atoms with Crippen molar-refractivity contribution in [1.82, 2.24) is 15.1 Å².